The minimum atomic E-state index is -3.63. The second kappa shape index (κ2) is 13.4. The van der Waals surface area contributed by atoms with Gasteiger partial charge in [-0.3, -0.25) is 9.69 Å². The highest BCUT2D eigenvalue weighted by atomic mass is 35.5. The first-order chi connectivity index (χ1) is 16.7. The van der Waals surface area contributed by atoms with Gasteiger partial charge >= 0.3 is 0 Å². The highest BCUT2D eigenvalue weighted by molar-refractivity contribution is 7.89. The second-order valence-electron chi connectivity index (χ2n) is 8.60. The van der Waals surface area contributed by atoms with Crippen molar-refractivity contribution in [3.05, 3.63) is 53.8 Å². The maximum Gasteiger partial charge on any atom is 0.260 e. The smallest absolute Gasteiger partial charge is 0.260 e. The van der Waals surface area contributed by atoms with Crippen LogP contribution in [-0.4, -0.2) is 68.8 Å². The van der Waals surface area contributed by atoms with Gasteiger partial charge in [-0.15, -0.1) is 12.4 Å². The van der Waals surface area contributed by atoms with E-state index in [1.807, 2.05) is 32.8 Å². The van der Waals surface area contributed by atoms with Crippen molar-refractivity contribution < 1.29 is 17.6 Å². The molecule has 0 saturated heterocycles. The standard InChI is InChI=1S/C25H33FN4O3S2.ClH/c1-5-7-16-29(6-2)35(32,33)21-12-9-19(10-13-21)24(31)30(17-8-15-28(3)4)25-27-22-14-11-20(26)18-23(22)34-25;/h9-14,18H,5-8,15-17H2,1-4H3;1H. The van der Waals surface area contributed by atoms with Gasteiger partial charge in [0, 0.05) is 25.2 Å². The lowest BCUT2D eigenvalue weighted by molar-refractivity contribution is 0.0986. The molecule has 0 bridgehead atoms. The minimum absolute atomic E-state index is 0. The summed E-state index contributed by atoms with van der Waals surface area (Å²) >= 11 is 1.26. The number of unbranched alkanes of at least 4 members (excludes halogenated alkanes) is 1. The van der Waals surface area contributed by atoms with Crippen LogP contribution in [0.15, 0.2) is 47.4 Å². The van der Waals surface area contributed by atoms with Gasteiger partial charge < -0.3 is 4.90 Å². The molecule has 3 aromatic rings. The number of anilines is 1. The van der Waals surface area contributed by atoms with Crippen LogP contribution < -0.4 is 4.90 Å². The van der Waals surface area contributed by atoms with Crippen LogP contribution in [0.1, 0.15) is 43.5 Å². The van der Waals surface area contributed by atoms with E-state index in [4.69, 9.17) is 0 Å². The quantitative estimate of drug-likeness (QED) is 0.304. The summed E-state index contributed by atoms with van der Waals surface area (Å²) in [6, 6.07) is 10.4. The van der Waals surface area contributed by atoms with Crippen LogP contribution in [0, 0.1) is 5.82 Å². The van der Waals surface area contributed by atoms with Crippen LogP contribution in [0.2, 0.25) is 0 Å². The maximum absolute atomic E-state index is 13.7. The van der Waals surface area contributed by atoms with Gasteiger partial charge in [0.2, 0.25) is 10.0 Å². The van der Waals surface area contributed by atoms with Gasteiger partial charge in [0.15, 0.2) is 5.13 Å². The fraction of sp³-hybridized carbons (Fsp3) is 0.440. The van der Waals surface area contributed by atoms with Crippen LogP contribution in [0.4, 0.5) is 9.52 Å². The lowest BCUT2D eigenvalue weighted by Crippen LogP contribution is -2.34. The summed E-state index contributed by atoms with van der Waals surface area (Å²) in [5.74, 6) is -0.624. The van der Waals surface area contributed by atoms with Crippen molar-refractivity contribution in [2.45, 2.75) is 38.0 Å². The molecule has 0 radical (unpaired) electrons. The van der Waals surface area contributed by atoms with E-state index in [1.165, 1.54) is 39.9 Å². The highest BCUT2D eigenvalue weighted by Crippen LogP contribution is 2.30. The molecule has 0 aliphatic carbocycles. The number of amides is 1. The number of nitrogens with zero attached hydrogens (tertiary/aromatic N) is 4. The fourth-order valence-corrected chi connectivity index (χ4v) is 6.19. The van der Waals surface area contributed by atoms with E-state index in [2.05, 4.69) is 4.98 Å². The van der Waals surface area contributed by atoms with Gasteiger partial charge in [-0.25, -0.2) is 17.8 Å². The van der Waals surface area contributed by atoms with E-state index in [0.29, 0.717) is 40.5 Å². The Labute approximate surface area is 223 Å². The average molecular weight is 557 g/mol. The predicted octanol–water partition coefficient (Wildman–Crippen LogP) is 5.27. The molecule has 0 saturated carbocycles. The Morgan fingerprint density at radius 3 is 2.31 bits per heavy atom. The normalized spacial score (nSPS) is 11.8. The van der Waals surface area contributed by atoms with Crippen LogP contribution >= 0.6 is 23.7 Å². The zero-order valence-corrected chi connectivity index (χ0v) is 23.6. The molecule has 0 N–H and O–H groups in total. The van der Waals surface area contributed by atoms with Crippen molar-refractivity contribution in [1.29, 1.82) is 0 Å². The fourth-order valence-electron chi connectivity index (χ4n) is 3.69. The molecule has 0 aliphatic heterocycles. The van der Waals surface area contributed by atoms with Gasteiger partial charge in [-0.05, 0) is 75.9 Å². The topological polar surface area (TPSA) is 73.8 Å². The highest BCUT2D eigenvalue weighted by Gasteiger charge is 2.25. The molecule has 36 heavy (non-hydrogen) atoms. The number of carbonyl (C=O) groups excluding carboxylic acids is 1. The number of halogens is 2. The number of carbonyl (C=O) groups is 1. The predicted molar refractivity (Wildman–Crippen MR) is 147 cm³/mol. The Bertz CT molecular complexity index is 1250. The van der Waals surface area contributed by atoms with Gasteiger partial charge in [-0.2, -0.15) is 4.31 Å². The van der Waals surface area contributed by atoms with Gasteiger partial charge in [0.05, 0.1) is 15.1 Å². The molecule has 0 aliphatic rings. The molecular weight excluding hydrogens is 523 g/mol. The SMILES string of the molecule is CCCCN(CC)S(=O)(=O)c1ccc(C(=O)N(CCCN(C)C)c2nc3ccc(F)cc3s2)cc1.Cl. The van der Waals surface area contributed by atoms with Crippen molar-refractivity contribution in [2.75, 3.05) is 45.2 Å². The molecule has 0 fully saturated rings. The van der Waals surface area contributed by atoms with E-state index in [0.717, 1.165) is 25.8 Å². The first-order valence-electron chi connectivity index (χ1n) is 11.8. The number of sulfonamides is 1. The number of hydrogen-bond donors (Lipinski definition) is 0. The number of fused-ring (bicyclic) bond motifs is 1. The van der Waals surface area contributed by atoms with Crippen molar-refractivity contribution >= 4 is 55.0 Å². The minimum Gasteiger partial charge on any atom is -0.309 e. The molecule has 3 rings (SSSR count). The molecule has 1 heterocycles. The molecule has 198 valence electrons. The maximum atomic E-state index is 13.7. The first-order valence-corrected chi connectivity index (χ1v) is 14.1. The molecule has 7 nitrogen and oxygen atoms in total. The third kappa shape index (κ3) is 7.23. The lowest BCUT2D eigenvalue weighted by Gasteiger charge is -2.22. The Kier molecular flexibility index (Phi) is 11.2. The number of aromatic nitrogens is 1. The van der Waals surface area contributed by atoms with Crippen molar-refractivity contribution in [3.8, 4) is 0 Å². The summed E-state index contributed by atoms with van der Waals surface area (Å²) in [5, 5.41) is 0.489. The monoisotopic (exact) mass is 556 g/mol. The van der Waals surface area contributed by atoms with E-state index in [-0.39, 0.29) is 29.0 Å². The number of rotatable bonds is 12. The van der Waals surface area contributed by atoms with E-state index in [1.54, 1.807) is 23.1 Å². The Morgan fingerprint density at radius 1 is 1.00 bits per heavy atom. The van der Waals surface area contributed by atoms with Crippen LogP contribution in [-0.2, 0) is 10.0 Å². The largest absolute Gasteiger partial charge is 0.309 e. The average Bonchev–Trinajstić information content (AvgIpc) is 3.24. The Balaban J connectivity index is 0.00000456. The second-order valence-corrected chi connectivity index (χ2v) is 11.5. The molecule has 1 amide bonds. The van der Waals surface area contributed by atoms with Crippen molar-refractivity contribution in [2.24, 2.45) is 0 Å². The van der Waals surface area contributed by atoms with E-state index in [9.17, 15) is 17.6 Å². The third-order valence-corrected chi connectivity index (χ3v) is 8.68. The zero-order chi connectivity index (χ0) is 25.6. The molecule has 0 atom stereocenters. The van der Waals surface area contributed by atoms with E-state index < -0.39 is 10.0 Å². The summed E-state index contributed by atoms with van der Waals surface area (Å²) in [6.07, 6.45) is 2.41. The summed E-state index contributed by atoms with van der Waals surface area (Å²) < 4.78 is 41.9. The molecule has 0 unspecified atom stereocenters. The molecule has 11 heteroatoms. The first kappa shape index (κ1) is 30.1. The van der Waals surface area contributed by atoms with Gasteiger partial charge in [-0.1, -0.05) is 31.6 Å². The zero-order valence-electron chi connectivity index (χ0n) is 21.1. The van der Waals surface area contributed by atoms with Gasteiger partial charge in [0.25, 0.3) is 5.91 Å². The summed E-state index contributed by atoms with van der Waals surface area (Å²) in [5.41, 5.74) is 1.00. The summed E-state index contributed by atoms with van der Waals surface area (Å²) in [7, 11) is 0.302. The van der Waals surface area contributed by atoms with Crippen molar-refractivity contribution in [1.82, 2.24) is 14.2 Å². The Hall–Kier alpha value is -2.11. The van der Waals surface area contributed by atoms with Crippen LogP contribution in [0.5, 0.6) is 0 Å². The molecule has 2 aromatic carbocycles. The van der Waals surface area contributed by atoms with Crippen LogP contribution in [0.25, 0.3) is 10.2 Å². The third-order valence-electron chi connectivity index (χ3n) is 5.66. The number of benzene rings is 2. The molecule has 0 spiro atoms. The lowest BCUT2D eigenvalue weighted by atomic mass is 10.2. The van der Waals surface area contributed by atoms with Crippen molar-refractivity contribution in [3.63, 3.8) is 0 Å². The summed E-state index contributed by atoms with van der Waals surface area (Å²) in [6.45, 7) is 5.91. The van der Waals surface area contributed by atoms with E-state index >= 15 is 0 Å². The van der Waals surface area contributed by atoms with Crippen LogP contribution in [0.3, 0.4) is 0 Å². The molecular formula is C25H34ClFN4O3S2. The van der Waals surface area contributed by atoms with Gasteiger partial charge in [0.1, 0.15) is 5.82 Å². The number of hydrogen-bond acceptors (Lipinski definition) is 6. The number of thiazole rings is 1. The molecule has 1 aromatic heterocycles. The Morgan fingerprint density at radius 2 is 1.69 bits per heavy atom. The summed E-state index contributed by atoms with van der Waals surface area (Å²) in [4.78, 5) is 21.9.